The van der Waals surface area contributed by atoms with E-state index in [1.54, 1.807) is 10.9 Å². The molecule has 0 amide bonds. The van der Waals surface area contributed by atoms with Crippen LogP contribution in [0, 0.1) is 33.4 Å². The zero-order valence-electron chi connectivity index (χ0n) is 12.7. The third-order valence-corrected chi connectivity index (χ3v) is 2.34. The van der Waals surface area contributed by atoms with Crippen molar-refractivity contribution < 1.29 is 86.7 Å². The van der Waals surface area contributed by atoms with Crippen LogP contribution in [0.1, 0.15) is 25.0 Å². The average Bonchev–Trinajstić information content (AvgIpc) is 2.57. The van der Waals surface area contributed by atoms with Crippen LogP contribution in [-0.4, -0.2) is 29.3 Å². The van der Waals surface area contributed by atoms with Crippen LogP contribution in [0.25, 0.3) is 11.2 Å². The minimum atomic E-state index is -3.89. The summed E-state index contributed by atoms with van der Waals surface area (Å²) in [5.41, 5.74) is 2.34. The molecule has 3 rings (SSSR count). The molecule has 1 aliphatic carbocycles. The normalized spacial score (nSPS) is 11.8. The van der Waals surface area contributed by atoms with Gasteiger partial charge in [-0.2, -0.15) is 12.8 Å². The Morgan fingerprint density at radius 3 is 2.17 bits per heavy atom. The SMILES string of the molecule is [CH-]1CCC1.[CH2-]P(=O)(O)O.[CH2-]n1cnc2c(C)n[c-]nc21.[V].[W+2].[Y]. The second kappa shape index (κ2) is 14.2. The Hall–Kier alpha value is 0.947. The van der Waals surface area contributed by atoms with Crippen LogP contribution >= 0.6 is 7.60 Å². The number of imidazole rings is 1. The molecule has 2 aromatic heterocycles. The summed E-state index contributed by atoms with van der Waals surface area (Å²) in [6.07, 6.45) is 10.6. The fourth-order valence-corrected chi connectivity index (χ4v) is 1.15. The van der Waals surface area contributed by atoms with Crippen molar-refractivity contribution in [1.82, 2.24) is 19.5 Å². The fourth-order valence-electron chi connectivity index (χ4n) is 1.15. The van der Waals surface area contributed by atoms with Crippen molar-refractivity contribution >= 4 is 18.8 Å². The number of aromatic nitrogens is 4. The molecule has 0 aromatic carbocycles. The first-order valence-electron chi connectivity index (χ1n) is 5.89. The molecule has 2 N–H and O–H groups in total. The van der Waals surface area contributed by atoms with Crippen molar-refractivity contribution in [3.63, 3.8) is 0 Å². The van der Waals surface area contributed by atoms with E-state index in [4.69, 9.17) is 9.79 Å². The first-order valence-corrected chi connectivity index (χ1v) is 7.69. The Morgan fingerprint density at radius 2 is 1.83 bits per heavy atom. The third-order valence-electron chi connectivity index (χ3n) is 2.34. The molecule has 0 bridgehead atoms. The molecule has 2 radical (unpaired) electrons. The average molecular weight is 620 g/mol. The van der Waals surface area contributed by atoms with E-state index in [0.29, 0.717) is 0 Å². The molecule has 11 heteroatoms. The number of rotatable bonds is 0. The third kappa shape index (κ3) is 12.9. The van der Waals surface area contributed by atoms with E-state index >= 15 is 0 Å². The van der Waals surface area contributed by atoms with Gasteiger partial charge in [0.1, 0.15) is 0 Å². The van der Waals surface area contributed by atoms with Gasteiger partial charge in [-0.25, -0.2) is 6.66 Å². The van der Waals surface area contributed by atoms with Gasteiger partial charge in [-0.3, -0.25) is 4.57 Å². The molecular weight excluding hydrogens is 603 g/mol. The van der Waals surface area contributed by atoms with E-state index in [0.717, 1.165) is 16.9 Å². The van der Waals surface area contributed by atoms with E-state index in [1.165, 1.54) is 19.3 Å². The Bertz CT molecular complexity index is 595. The van der Waals surface area contributed by atoms with Crippen molar-refractivity contribution in [2.45, 2.75) is 26.2 Å². The summed E-state index contributed by atoms with van der Waals surface area (Å²) in [6.45, 7) is 4.31. The van der Waals surface area contributed by atoms with Gasteiger partial charge in [0.25, 0.3) is 0 Å². The van der Waals surface area contributed by atoms with Crippen LogP contribution in [-0.2, 0) is 76.9 Å². The van der Waals surface area contributed by atoms with Crippen LogP contribution < -0.4 is 0 Å². The molecule has 2 aromatic rings. The quantitative estimate of drug-likeness (QED) is 0.345. The van der Waals surface area contributed by atoms with Crippen LogP contribution in [0.2, 0.25) is 0 Å². The van der Waals surface area contributed by atoms with Gasteiger partial charge in [-0.05, 0) is 12.0 Å². The van der Waals surface area contributed by atoms with Crippen molar-refractivity contribution in [2.75, 3.05) is 0 Å². The molecule has 23 heavy (non-hydrogen) atoms. The van der Waals surface area contributed by atoms with E-state index in [9.17, 15) is 4.57 Å². The molecule has 2 heterocycles. The molecule has 1 aliphatic rings. The Morgan fingerprint density at radius 1 is 1.39 bits per heavy atom. The summed E-state index contributed by atoms with van der Waals surface area (Å²) in [6, 6.07) is 0. The van der Waals surface area contributed by atoms with Gasteiger partial charge in [0.15, 0.2) is 7.60 Å². The largest absolute Gasteiger partial charge is 2.00 e. The summed E-state index contributed by atoms with van der Waals surface area (Å²) in [4.78, 5) is 26.9. The number of hydrogen-bond acceptors (Lipinski definition) is 4. The predicted octanol–water partition coefficient (Wildman–Crippen LogP) is 1.90. The van der Waals surface area contributed by atoms with Gasteiger partial charge in [0.05, 0.1) is 0 Å². The van der Waals surface area contributed by atoms with Gasteiger partial charge in [-0.15, -0.1) is 13.5 Å². The zero-order valence-corrected chi connectivity index (χ0v) is 20.7. The summed E-state index contributed by atoms with van der Waals surface area (Å²) in [5, 5.41) is 0. The van der Waals surface area contributed by atoms with Crippen LogP contribution in [0.15, 0.2) is 6.33 Å². The standard InChI is InChI=1S/C7H6N4.C4H7.CH4O3P.V.W.Y/c1-5-6-7(9-3-8-5)11(2)4-10-6;1-2-4-3-1;1-5(2,3)4;;;/h4H,2H2,1H3;1H,2-4H2;1H2,(H2,2,3,4);;;/q-2;2*-1;;+2;. The number of hydrogen-bond donors (Lipinski definition) is 2. The van der Waals surface area contributed by atoms with Gasteiger partial charge in [-0.1, -0.05) is 6.92 Å². The number of nitrogens with zero attached hydrogens (tertiary/aromatic N) is 4. The van der Waals surface area contributed by atoms with Crippen molar-refractivity contribution in [1.29, 1.82) is 0 Å². The van der Waals surface area contributed by atoms with Gasteiger partial charge in [0, 0.05) is 68.8 Å². The Labute approximate surface area is 188 Å². The molecule has 1 saturated carbocycles. The molecule has 1 fully saturated rings. The maximum atomic E-state index is 9.22. The van der Waals surface area contributed by atoms with E-state index in [-0.39, 0.29) is 72.3 Å². The molecule has 0 atom stereocenters. The molecule has 124 valence electrons. The maximum absolute atomic E-state index is 9.22. The predicted molar refractivity (Wildman–Crippen MR) is 75.2 cm³/mol. The summed E-state index contributed by atoms with van der Waals surface area (Å²) < 4.78 is 10.8. The topological polar surface area (TPSA) is 101 Å². The minimum absolute atomic E-state index is 0. The summed E-state index contributed by atoms with van der Waals surface area (Å²) >= 11 is 0. The number of fused-ring (bicyclic) bond motifs is 1. The molecule has 0 spiro atoms. The van der Waals surface area contributed by atoms with Gasteiger partial charge >= 0.3 is 21.1 Å². The molecule has 0 saturated heterocycles. The van der Waals surface area contributed by atoms with Gasteiger partial charge in [0.2, 0.25) is 0 Å². The van der Waals surface area contributed by atoms with Crippen molar-refractivity contribution in [3.05, 3.63) is 38.5 Å². The number of aryl methyl sites for hydroxylation is 1. The Balaban J connectivity index is -0.000000287. The maximum Gasteiger partial charge on any atom is 2.00 e. The monoisotopic (exact) mass is 620 g/mol. The summed E-state index contributed by atoms with van der Waals surface area (Å²) in [7, 11) is -0.195. The molecule has 0 aliphatic heterocycles. The Kier molecular flexibility index (Phi) is 17.7. The van der Waals surface area contributed by atoms with E-state index in [2.05, 4.69) is 41.4 Å². The van der Waals surface area contributed by atoms with E-state index in [1.807, 2.05) is 6.92 Å². The molecular formula is C12H17N4O3PVWY-2. The second-order valence-corrected chi connectivity index (χ2v) is 5.51. The summed E-state index contributed by atoms with van der Waals surface area (Å²) in [5.74, 6) is 0. The first-order chi connectivity index (χ1) is 9.29. The minimum Gasteiger partial charge on any atom is -0.458 e. The van der Waals surface area contributed by atoms with Crippen molar-refractivity contribution in [3.8, 4) is 0 Å². The van der Waals surface area contributed by atoms with Crippen LogP contribution in [0.5, 0.6) is 0 Å². The fraction of sp³-hybridized carbons (Fsp3) is 0.333. The second-order valence-electron chi connectivity index (χ2n) is 4.18. The van der Waals surface area contributed by atoms with Gasteiger partial charge < -0.3 is 35.7 Å². The van der Waals surface area contributed by atoms with Crippen LogP contribution in [0.4, 0.5) is 0 Å². The molecule has 0 unspecified atom stereocenters. The van der Waals surface area contributed by atoms with Crippen molar-refractivity contribution in [2.24, 2.45) is 0 Å². The van der Waals surface area contributed by atoms with E-state index < -0.39 is 7.60 Å². The zero-order chi connectivity index (χ0) is 15.2. The smallest absolute Gasteiger partial charge is 0.458 e. The first kappa shape index (κ1) is 28.7. The molecule has 7 nitrogen and oxygen atoms in total. The van der Waals surface area contributed by atoms with Crippen LogP contribution in [0.3, 0.4) is 0 Å².